The van der Waals surface area contributed by atoms with Crippen LogP contribution in [-0.2, 0) is 0 Å². The molecule has 0 aliphatic heterocycles. The van der Waals surface area contributed by atoms with Crippen molar-refractivity contribution >= 4 is 0 Å². The maximum atomic E-state index is 12.2. The highest BCUT2D eigenvalue weighted by Crippen LogP contribution is 2.28. The van der Waals surface area contributed by atoms with Crippen molar-refractivity contribution in [1.82, 2.24) is 0 Å². The second-order valence-corrected chi connectivity index (χ2v) is 2.69. The van der Waals surface area contributed by atoms with Gasteiger partial charge >= 0.3 is 0 Å². The standard InChI is InChI=1S/C9H12FNO2/c1-13-9-4-6(7(11)5-10)2-3-8(9)12/h2-4,7,12H,5,11H2,1H3. The lowest BCUT2D eigenvalue weighted by Crippen LogP contribution is -2.11. The molecule has 0 saturated carbocycles. The predicted molar refractivity (Wildman–Crippen MR) is 47.6 cm³/mol. The van der Waals surface area contributed by atoms with E-state index in [0.717, 1.165) is 0 Å². The molecule has 1 unspecified atom stereocenters. The third-order valence-corrected chi connectivity index (χ3v) is 1.80. The molecule has 0 spiro atoms. The highest BCUT2D eigenvalue weighted by Gasteiger charge is 2.08. The van der Waals surface area contributed by atoms with E-state index in [4.69, 9.17) is 10.5 Å². The average molecular weight is 185 g/mol. The molecule has 0 aromatic heterocycles. The molecule has 1 aromatic rings. The monoisotopic (exact) mass is 185 g/mol. The molecule has 0 amide bonds. The molecular weight excluding hydrogens is 173 g/mol. The van der Waals surface area contributed by atoms with Gasteiger partial charge in [-0.3, -0.25) is 0 Å². The summed E-state index contributed by atoms with van der Waals surface area (Å²) in [6.07, 6.45) is 0. The zero-order valence-corrected chi connectivity index (χ0v) is 7.33. The van der Waals surface area contributed by atoms with Crippen molar-refractivity contribution in [2.75, 3.05) is 13.8 Å². The van der Waals surface area contributed by atoms with Crippen molar-refractivity contribution in [3.63, 3.8) is 0 Å². The van der Waals surface area contributed by atoms with Gasteiger partial charge in [-0.05, 0) is 17.7 Å². The van der Waals surface area contributed by atoms with Crippen LogP contribution in [0.1, 0.15) is 11.6 Å². The first-order chi connectivity index (χ1) is 6.19. The second-order valence-electron chi connectivity index (χ2n) is 2.69. The summed E-state index contributed by atoms with van der Waals surface area (Å²) < 4.78 is 17.0. The van der Waals surface area contributed by atoms with Gasteiger partial charge < -0.3 is 15.6 Å². The van der Waals surface area contributed by atoms with Gasteiger partial charge in [0.05, 0.1) is 13.2 Å². The lowest BCUT2D eigenvalue weighted by molar-refractivity contribution is 0.371. The Bertz CT molecular complexity index is 291. The fourth-order valence-electron chi connectivity index (χ4n) is 1.01. The minimum Gasteiger partial charge on any atom is -0.504 e. The molecule has 0 bridgehead atoms. The van der Waals surface area contributed by atoms with Gasteiger partial charge in [-0.15, -0.1) is 0 Å². The molecular formula is C9H12FNO2. The van der Waals surface area contributed by atoms with Crippen molar-refractivity contribution in [2.45, 2.75) is 6.04 Å². The quantitative estimate of drug-likeness (QED) is 0.747. The average Bonchev–Trinajstić information content (AvgIpc) is 2.17. The smallest absolute Gasteiger partial charge is 0.160 e. The SMILES string of the molecule is COc1cc(C(N)CF)ccc1O. The number of aromatic hydroxyl groups is 1. The highest BCUT2D eigenvalue weighted by molar-refractivity contribution is 5.42. The lowest BCUT2D eigenvalue weighted by Gasteiger charge is -2.09. The minimum absolute atomic E-state index is 0.0253. The molecule has 0 aliphatic carbocycles. The molecule has 0 heterocycles. The summed E-state index contributed by atoms with van der Waals surface area (Å²) in [5.74, 6) is 0.332. The van der Waals surface area contributed by atoms with Crippen molar-refractivity contribution in [3.8, 4) is 11.5 Å². The summed E-state index contributed by atoms with van der Waals surface area (Å²) in [7, 11) is 1.43. The summed E-state index contributed by atoms with van der Waals surface area (Å²) in [4.78, 5) is 0. The van der Waals surface area contributed by atoms with E-state index in [9.17, 15) is 9.50 Å². The largest absolute Gasteiger partial charge is 0.504 e. The third-order valence-electron chi connectivity index (χ3n) is 1.80. The fourth-order valence-corrected chi connectivity index (χ4v) is 1.01. The second kappa shape index (κ2) is 4.09. The maximum absolute atomic E-state index is 12.2. The topological polar surface area (TPSA) is 55.5 Å². The van der Waals surface area contributed by atoms with E-state index in [0.29, 0.717) is 11.3 Å². The highest BCUT2D eigenvalue weighted by atomic mass is 19.1. The van der Waals surface area contributed by atoms with Crippen molar-refractivity contribution in [3.05, 3.63) is 23.8 Å². The Morgan fingerprint density at radius 2 is 2.31 bits per heavy atom. The van der Waals surface area contributed by atoms with E-state index < -0.39 is 12.7 Å². The van der Waals surface area contributed by atoms with Crippen LogP contribution in [0.3, 0.4) is 0 Å². The van der Waals surface area contributed by atoms with Gasteiger partial charge in [-0.2, -0.15) is 0 Å². The molecule has 1 atom stereocenters. The van der Waals surface area contributed by atoms with Crippen LogP contribution in [0.4, 0.5) is 4.39 Å². The van der Waals surface area contributed by atoms with E-state index in [2.05, 4.69) is 0 Å². The van der Waals surface area contributed by atoms with E-state index in [1.807, 2.05) is 0 Å². The van der Waals surface area contributed by atoms with Gasteiger partial charge in [-0.1, -0.05) is 6.07 Å². The summed E-state index contributed by atoms with van der Waals surface area (Å²) in [6.45, 7) is -0.631. The van der Waals surface area contributed by atoms with Crippen LogP contribution in [0.5, 0.6) is 11.5 Å². The normalized spacial score (nSPS) is 12.5. The maximum Gasteiger partial charge on any atom is 0.160 e. The number of phenolic OH excluding ortho intramolecular Hbond substituents is 1. The molecule has 3 nitrogen and oxygen atoms in total. The molecule has 0 radical (unpaired) electrons. The Morgan fingerprint density at radius 3 is 2.85 bits per heavy atom. The Labute approximate surface area is 75.9 Å². The van der Waals surface area contributed by atoms with Crippen LogP contribution >= 0.6 is 0 Å². The Hall–Kier alpha value is -1.29. The molecule has 0 aliphatic rings. The first-order valence-corrected chi connectivity index (χ1v) is 3.87. The number of rotatable bonds is 3. The molecule has 0 fully saturated rings. The number of alkyl halides is 1. The number of phenols is 1. The molecule has 3 N–H and O–H groups in total. The minimum atomic E-state index is -0.658. The van der Waals surface area contributed by atoms with Crippen LogP contribution in [0, 0.1) is 0 Å². The number of hydrogen-bond donors (Lipinski definition) is 2. The Balaban J connectivity index is 2.99. The molecule has 4 heteroatoms. The zero-order valence-electron chi connectivity index (χ0n) is 7.33. The third kappa shape index (κ3) is 2.09. The number of methoxy groups -OCH3 is 1. The van der Waals surface area contributed by atoms with E-state index in [1.165, 1.54) is 19.2 Å². The van der Waals surface area contributed by atoms with Crippen LogP contribution in [0.15, 0.2) is 18.2 Å². The zero-order chi connectivity index (χ0) is 9.84. The van der Waals surface area contributed by atoms with Crippen LogP contribution in [0.25, 0.3) is 0 Å². The first kappa shape index (κ1) is 9.80. The predicted octanol–water partition coefficient (Wildman–Crippen LogP) is 1.37. The van der Waals surface area contributed by atoms with E-state index in [1.54, 1.807) is 6.07 Å². The first-order valence-electron chi connectivity index (χ1n) is 3.87. The fraction of sp³-hybridized carbons (Fsp3) is 0.333. The van der Waals surface area contributed by atoms with Gasteiger partial charge in [0.15, 0.2) is 11.5 Å². The van der Waals surface area contributed by atoms with Gasteiger partial charge in [0.1, 0.15) is 6.67 Å². The molecule has 13 heavy (non-hydrogen) atoms. The number of hydrogen-bond acceptors (Lipinski definition) is 3. The number of halogens is 1. The van der Waals surface area contributed by atoms with Crippen LogP contribution in [0.2, 0.25) is 0 Å². The number of nitrogens with two attached hydrogens (primary N) is 1. The Morgan fingerprint density at radius 1 is 1.62 bits per heavy atom. The number of ether oxygens (including phenoxy) is 1. The van der Waals surface area contributed by atoms with Gasteiger partial charge in [0.2, 0.25) is 0 Å². The lowest BCUT2D eigenvalue weighted by atomic mass is 10.1. The molecule has 1 aromatic carbocycles. The van der Waals surface area contributed by atoms with Gasteiger partial charge in [0.25, 0.3) is 0 Å². The summed E-state index contributed by atoms with van der Waals surface area (Å²) in [5.41, 5.74) is 6.06. The van der Waals surface area contributed by atoms with Crippen LogP contribution in [-0.4, -0.2) is 18.9 Å². The molecule has 0 saturated heterocycles. The summed E-state index contributed by atoms with van der Waals surface area (Å²) >= 11 is 0. The van der Waals surface area contributed by atoms with Crippen molar-refractivity contribution in [1.29, 1.82) is 0 Å². The summed E-state index contributed by atoms with van der Waals surface area (Å²) in [5, 5.41) is 9.23. The number of benzene rings is 1. The Kier molecular flexibility index (Phi) is 3.08. The van der Waals surface area contributed by atoms with Crippen molar-refractivity contribution < 1.29 is 14.2 Å². The van der Waals surface area contributed by atoms with E-state index >= 15 is 0 Å². The van der Waals surface area contributed by atoms with Gasteiger partial charge in [-0.25, -0.2) is 4.39 Å². The van der Waals surface area contributed by atoms with Crippen LogP contribution < -0.4 is 10.5 Å². The molecule has 1 rings (SSSR count). The van der Waals surface area contributed by atoms with Gasteiger partial charge in [0, 0.05) is 0 Å². The summed E-state index contributed by atoms with van der Waals surface area (Å²) in [6, 6.07) is 3.88. The molecule has 72 valence electrons. The van der Waals surface area contributed by atoms with Crippen molar-refractivity contribution in [2.24, 2.45) is 5.73 Å². The van der Waals surface area contributed by atoms with E-state index in [-0.39, 0.29) is 5.75 Å².